The van der Waals surface area contributed by atoms with Gasteiger partial charge in [-0.25, -0.2) is 4.79 Å². The Morgan fingerprint density at radius 3 is 2.02 bits per heavy atom. The average molecular weight is 625 g/mol. The third-order valence-corrected chi connectivity index (χ3v) is 6.47. The molecule has 4 amide bonds. The Hall–Kier alpha value is -3.93. The van der Waals surface area contributed by atoms with Crippen molar-refractivity contribution >= 4 is 48.7 Å². The van der Waals surface area contributed by atoms with Gasteiger partial charge in [0.05, 0.1) is 6.42 Å². The number of carboxylic acid groups (broad SMARTS) is 1. The van der Waals surface area contributed by atoms with Crippen LogP contribution in [-0.4, -0.2) is 84.4 Å². The maximum absolute atomic E-state index is 13.4. The SMILES string of the molecule is NC(N)=NCCCC[C@H](NC(=O)Cc1ccc(CNC=O)cc1)C(=O)N[C@@H](CCCNC(N)N)C(=O)N[C@@H](CS)C(=O)O. The Kier molecular flexibility index (Phi) is 18.0. The molecule has 1 aromatic rings. The van der Waals surface area contributed by atoms with E-state index in [1.807, 2.05) is 0 Å². The minimum absolute atomic E-state index is 0.0175. The summed E-state index contributed by atoms with van der Waals surface area (Å²) in [5, 5.41) is 22.4. The standard InChI is InChI=1S/C26H44N10O6S/c27-25(28)32-10-2-1-4-18(34-21(38)12-16-6-8-17(9-7-16)13-31-15-37)22(39)35-19(5-3-11-33-26(29)30)23(40)36-20(14-43)24(41)42/h6-9,15,18-20,26,33,43H,1-5,10-14,29-30H2,(H,31,37)(H,34,38)(H,35,39)(H,36,40)(H,41,42)(H4,27,28,32)/t18-,19-,20-/m0/s1. The van der Waals surface area contributed by atoms with Gasteiger partial charge in [-0.05, 0) is 49.8 Å². The number of nitrogens with two attached hydrogens (primary N) is 4. The Labute approximate surface area is 255 Å². The fourth-order valence-electron chi connectivity index (χ4n) is 3.88. The highest BCUT2D eigenvalue weighted by Gasteiger charge is 2.29. The first-order valence-corrected chi connectivity index (χ1v) is 14.4. The molecule has 240 valence electrons. The van der Waals surface area contributed by atoms with Crippen molar-refractivity contribution in [2.75, 3.05) is 18.8 Å². The minimum Gasteiger partial charge on any atom is -0.480 e. The Morgan fingerprint density at radius 2 is 1.47 bits per heavy atom. The van der Waals surface area contributed by atoms with E-state index in [2.05, 4.69) is 44.2 Å². The molecule has 16 nitrogen and oxygen atoms in total. The quantitative estimate of drug-likeness (QED) is 0.0154. The highest BCUT2D eigenvalue weighted by Crippen LogP contribution is 2.08. The number of rotatable bonds is 22. The average Bonchev–Trinajstić information content (AvgIpc) is 2.95. The summed E-state index contributed by atoms with van der Waals surface area (Å²) in [7, 11) is 0. The predicted octanol–water partition coefficient (Wildman–Crippen LogP) is -3.04. The number of nitrogens with one attached hydrogen (secondary N) is 5. The van der Waals surface area contributed by atoms with Gasteiger partial charge in [0.1, 0.15) is 24.4 Å². The van der Waals surface area contributed by atoms with Crippen molar-refractivity contribution in [1.82, 2.24) is 26.6 Å². The molecule has 0 spiro atoms. The van der Waals surface area contributed by atoms with Crippen molar-refractivity contribution in [1.29, 1.82) is 0 Å². The number of amides is 4. The van der Waals surface area contributed by atoms with E-state index < -0.39 is 48.1 Å². The Morgan fingerprint density at radius 1 is 0.884 bits per heavy atom. The first-order valence-electron chi connectivity index (χ1n) is 13.7. The smallest absolute Gasteiger partial charge is 0.327 e. The van der Waals surface area contributed by atoms with E-state index in [0.717, 1.165) is 5.56 Å². The summed E-state index contributed by atoms with van der Waals surface area (Å²) in [5.74, 6) is -3.25. The van der Waals surface area contributed by atoms with Crippen molar-refractivity contribution in [2.45, 2.75) is 69.5 Å². The van der Waals surface area contributed by atoms with Gasteiger partial charge >= 0.3 is 5.97 Å². The molecule has 0 saturated carbocycles. The van der Waals surface area contributed by atoms with Crippen LogP contribution in [0.2, 0.25) is 0 Å². The molecular formula is C26H44N10O6S. The molecule has 1 aromatic carbocycles. The van der Waals surface area contributed by atoms with Gasteiger partial charge in [-0.3, -0.25) is 29.5 Å². The number of guanidine groups is 1. The van der Waals surface area contributed by atoms with E-state index in [1.165, 1.54) is 0 Å². The molecule has 1 rings (SSSR count). The molecule has 0 aliphatic carbocycles. The van der Waals surface area contributed by atoms with Crippen LogP contribution in [0.5, 0.6) is 0 Å². The molecule has 0 aliphatic rings. The summed E-state index contributed by atoms with van der Waals surface area (Å²) in [6.07, 6.45) is 1.54. The van der Waals surface area contributed by atoms with Crippen molar-refractivity contribution in [2.24, 2.45) is 27.9 Å². The second-order valence-electron chi connectivity index (χ2n) is 9.68. The van der Waals surface area contributed by atoms with E-state index in [9.17, 15) is 29.1 Å². The fraction of sp³-hybridized carbons (Fsp3) is 0.538. The molecule has 0 bridgehead atoms. The highest BCUT2D eigenvalue weighted by molar-refractivity contribution is 7.80. The predicted molar refractivity (Wildman–Crippen MR) is 164 cm³/mol. The third kappa shape index (κ3) is 16.3. The van der Waals surface area contributed by atoms with E-state index in [1.54, 1.807) is 24.3 Å². The van der Waals surface area contributed by atoms with Crippen molar-refractivity contribution in [3.8, 4) is 0 Å². The van der Waals surface area contributed by atoms with Crippen LogP contribution in [0.4, 0.5) is 0 Å². The van der Waals surface area contributed by atoms with E-state index in [-0.39, 0.29) is 31.0 Å². The van der Waals surface area contributed by atoms with Crippen molar-refractivity contribution < 1.29 is 29.1 Å². The number of carbonyl (C=O) groups excluding carboxylic acids is 4. The van der Waals surface area contributed by atoms with Crippen LogP contribution in [0.15, 0.2) is 29.3 Å². The number of hydrogen-bond acceptors (Lipinski definition) is 10. The number of carbonyl (C=O) groups is 5. The molecule has 0 radical (unpaired) electrons. The zero-order valence-electron chi connectivity index (χ0n) is 24.0. The van der Waals surface area contributed by atoms with Gasteiger partial charge in [-0.1, -0.05) is 24.3 Å². The lowest BCUT2D eigenvalue weighted by Gasteiger charge is -2.24. The molecule has 0 unspecified atom stereocenters. The van der Waals surface area contributed by atoms with Gasteiger partial charge in [0.2, 0.25) is 24.1 Å². The maximum Gasteiger partial charge on any atom is 0.327 e. The molecule has 0 aromatic heterocycles. The van der Waals surface area contributed by atoms with E-state index in [4.69, 9.17) is 22.9 Å². The third-order valence-electron chi connectivity index (χ3n) is 6.10. The van der Waals surface area contributed by atoms with Gasteiger partial charge in [-0.2, -0.15) is 12.6 Å². The number of unbranched alkanes of at least 4 members (excludes halogenated alkanes) is 1. The zero-order valence-corrected chi connectivity index (χ0v) is 24.9. The van der Waals surface area contributed by atoms with Gasteiger partial charge in [-0.15, -0.1) is 0 Å². The van der Waals surface area contributed by atoms with Crippen molar-refractivity contribution in [3.63, 3.8) is 0 Å². The number of aliphatic carboxylic acids is 1. The first kappa shape index (κ1) is 37.1. The van der Waals surface area contributed by atoms with Gasteiger partial charge in [0, 0.05) is 18.8 Å². The lowest BCUT2D eigenvalue weighted by molar-refractivity contribution is -0.141. The number of benzene rings is 1. The van der Waals surface area contributed by atoms with Gasteiger partial charge < -0.3 is 49.3 Å². The van der Waals surface area contributed by atoms with Crippen LogP contribution in [0.25, 0.3) is 0 Å². The van der Waals surface area contributed by atoms with Gasteiger partial charge in [0.25, 0.3) is 0 Å². The van der Waals surface area contributed by atoms with Crippen LogP contribution < -0.4 is 49.5 Å². The molecular weight excluding hydrogens is 580 g/mol. The van der Waals surface area contributed by atoms with Gasteiger partial charge in [0.15, 0.2) is 5.96 Å². The van der Waals surface area contributed by atoms with Crippen LogP contribution in [-0.2, 0) is 36.9 Å². The van der Waals surface area contributed by atoms with Crippen LogP contribution >= 0.6 is 12.6 Å². The molecule has 17 heteroatoms. The minimum atomic E-state index is -1.27. The molecule has 0 aliphatic heterocycles. The molecule has 0 heterocycles. The number of thiol groups is 1. The second kappa shape index (κ2) is 20.9. The summed E-state index contributed by atoms with van der Waals surface area (Å²) in [6, 6.07) is 3.65. The highest BCUT2D eigenvalue weighted by atomic mass is 32.1. The van der Waals surface area contributed by atoms with E-state index >= 15 is 0 Å². The molecule has 3 atom stereocenters. The number of nitrogens with zero attached hydrogens (tertiary/aromatic N) is 1. The Bertz CT molecular complexity index is 1070. The summed E-state index contributed by atoms with van der Waals surface area (Å²) in [4.78, 5) is 65.1. The second-order valence-corrected chi connectivity index (χ2v) is 10.0. The number of hydrogen-bond donors (Lipinski definition) is 11. The lowest BCUT2D eigenvalue weighted by atomic mass is 10.0. The van der Waals surface area contributed by atoms with Crippen LogP contribution in [0.3, 0.4) is 0 Å². The molecule has 0 fully saturated rings. The van der Waals surface area contributed by atoms with Crippen LogP contribution in [0.1, 0.15) is 43.2 Å². The lowest BCUT2D eigenvalue weighted by Crippen LogP contribution is -2.56. The topological polar surface area (TPSA) is 282 Å². The molecule has 0 saturated heterocycles. The summed E-state index contributed by atoms with van der Waals surface area (Å²) >= 11 is 3.97. The number of carboxylic acids is 1. The monoisotopic (exact) mass is 624 g/mol. The summed E-state index contributed by atoms with van der Waals surface area (Å²) in [6.45, 7) is 1.02. The van der Waals surface area contributed by atoms with Crippen molar-refractivity contribution in [3.05, 3.63) is 35.4 Å². The largest absolute Gasteiger partial charge is 0.480 e. The first-order chi connectivity index (χ1) is 20.5. The van der Waals surface area contributed by atoms with E-state index in [0.29, 0.717) is 50.9 Å². The molecule has 43 heavy (non-hydrogen) atoms. The maximum atomic E-state index is 13.4. The van der Waals surface area contributed by atoms with Crippen LogP contribution in [0, 0.1) is 0 Å². The normalized spacial score (nSPS) is 12.8. The summed E-state index contributed by atoms with van der Waals surface area (Å²) in [5.41, 5.74) is 23.2. The molecule has 14 N–H and O–H groups in total. The summed E-state index contributed by atoms with van der Waals surface area (Å²) < 4.78 is 0. The zero-order chi connectivity index (χ0) is 32.2. The Balaban J connectivity index is 3.01. The number of aliphatic imine (C=N–C) groups is 1. The fourth-order valence-corrected chi connectivity index (χ4v) is 4.12.